The molecule has 0 bridgehead atoms. The van der Waals surface area contributed by atoms with Crippen molar-refractivity contribution in [1.82, 2.24) is 0 Å². The number of thioether (sulfide) groups is 1. The molecule has 0 aromatic heterocycles. The van der Waals surface area contributed by atoms with Crippen LogP contribution in [0, 0.1) is 5.92 Å². The summed E-state index contributed by atoms with van der Waals surface area (Å²) in [6.07, 6.45) is 0. The summed E-state index contributed by atoms with van der Waals surface area (Å²) in [6.45, 7) is 2.50. The lowest BCUT2D eigenvalue weighted by Crippen LogP contribution is -2.37. The average molecular weight is 372 g/mol. The number of carbonyl (C=O) groups excluding carboxylic acids is 1. The number of esters is 1. The van der Waals surface area contributed by atoms with Crippen LogP contribution in [0.1, 0.15) is 6.92 Å². The highest BCUT2D eigenvalue weighted by atomic mass is 32.2. The molecule has 0 amide bonds. The Bertz CT molecular complexity index is 391. The van der Waals surface area contributed by atoms with Crippen LogP contribution in [-0.2, 0) is 23.1 Å². The van der Waals surface area contributed by atoms with Crippen LogP contribution in [0.3, 0.4) is 0 Å². The first-order valence-electron chi connectivity index (χ1n) is 7.42. The molecule has 0 aliphatic rings. The van der Waals surface area contributed by atoms with Crippen LogP contribution >= 0.6 is 19.6 Å². The minimum Gasteiger partial charge on any atom is -0.756 e. The molecule has 0 aliphatic carbocycles. The number of likely N-dealkylation sites (N-methyl/N-ethyl adjacent to an activating group) is 1. The van der Waals surface area contributed by atoms with E-state index in [4.69, 9.17) is 15.0 Å². The first-order valence-corrected chi connectivity index (χ1v) is 10.0. The Balaban J connectivity index is 3.83. The summed E-state index contributed by atoms with van der Waals surface area (Å²) < 4.78 is 26.4. The Kier molecular flexibility index (Phi) is 11.3. The van der Waals surface area contributed by atoms with Gasteiger partial charge >= 0.3 is 5.97 Å². The van der Waals surface area contributed by atoms with Crippen molar-refractivity contribution in [3.63, 3.8) is 0 Å². The third-order valence-corrected chi connectivity index (χ3v) is 4.88. The van der Waals surface area contributed by atoms with Gasteiger partial charge in [-0.05, 0) is 0 Å². The van der Waals surface area contributed by atoms with E-state index in [1.54, 1.807) is 18.7 Å². The standard InChI is InChI=1S/C13H29N2O6PS/c1-12(11-23-10-5-14)13(16)19-8-9-21-22(17,18)20-7-6-15(2,3)4/h12H,5-11,14H2,1-4H3. The van der Waals surface area contributed by atoms with E-state index in [0.717, 1.165) is 5.75 Å². The second kappa shape index (κ2) is 11.4. The molecule has 2 N–H and O–H groups in total. The Morgan fingerprint density at radius 2 is 1.87 bits per heavy atom. The summed E-state index contributed by atoms with van der Waals surface area (Å²) >= 11 is 1.57. The molecule has 138 valence electrons. The van der Waals surface area contributed by atoms with Crippen LogP contribution in [0.4, 0.5) is 0 Å². The molecule has 0 aromatic rings. The Morgan fingerprint density at radius 1 is 1.26 bits per heavy atom. The molecule has 0 rings (SSSR count). The normalized spacial score (nSPS) is 15.9. The minimum atomic E-state index is -4.35. The molecule has 0 saturated heterocycles. The topological polar surface area (TPSA) is 111 Å². The molecule has 0 aromatic carbocycles. The van der Waals surface area contributed by atoms with Crippen molar-refractivity contribution < 1.29 is 32.5 Å². The van der Waals surface area contributed by atoms with Crippen molar-refractivity contribution in [3.05, 3.63) is 0 Å². The molecular weight excluding hydrogens is 343 g/mol. The number of phosphoric ester groups is 1. The van der Waals surface area contributed by atoms with E-state index in [9.17, 15) is 14.3 Å². The van der Waals surface area contributed by atoms with Gasteiger partial charge in [-0.15, -0.1) is 0 Å². The Morgan fingerprint density at radius 3 is 2.43 bits per heavy atom. The van der Waals surface area contributed by atoms with E-state index in [1.165, 1.54) is 0 Å². The van der Waals surface area contributed by atoms with Crippen LogP contribution in [0.15, 0.2) is 0 Å². The van der Waals surface area contributed by atoms with E-state index in [0.29, 0.717) is 23.3 Å². The highest BCUT2D eigenvalue weighted by Gasteiger charge is 2.16. The first kappa shape index (κ1) is 22.9. The van der Waals surface area contributed by atoms with E-state index < -0.39 is 7.82 Å². The van der Waals surface area contributed by atoms with E-state index in [1.807, 2.05) is 21.1 Å². The summed E-state index contributed by atoms with van der Waals surface area (Å²) in [5, 5.41) is 0. The van der Waals surface area contributed by atoms with Crippen molar-refractivity contribution in [3.8, 4) is 0 Å². The molecule has 0 spiro atoms. The second-order valence-corrected chi connectivity index (χ2v) is 8.62. The summed E-state index contributed by atoms with van der Waals surface area (Å²) in [5.74, 6) is 0.742. The minimum absolute atomic E-state index is 0.0411. The van der Waals surface area contributed by atoms with Gasteiger partial charge in [-0.3, -0.25) is 9.36 Å². The van der Waals surface area contributed by atoms with Crippen molar-refractivity contribution in [2.24, 2.45) is 11.7 Å². The van der Waals surface area contributed by atoms with Crippen molar-refractivity contribution in [2.75, 3.05) is 65.6 Å². The number of nitrogens with two attached hydrogens (primary N) is 1. The maximum absolute atomic E-state index is 11.6. The molecule has 2 atom stereocenters. The number of hydrogen-bond donors (Lipinski definition) is 1. The van der Waals surface area contributed by atoms with Gasteiger partial charge < -0.3 is 28.9 Å². The fourth-order valence-corrected chi connectivity index (χ4v) is 2.81. The molecule has 10 heteroatoms. The van der Waals surface area contributed by atoms with Gasteiger partial charge in [0.05, 0.1) is 33.7 Å². The number of hydrogen-bond acceptors (Lipinski definition) is 8. The number of carbonyl (C=O) groups is 1. The van der Waals surface area contributed by atoms with E-state index in [-0.39, 0.29) is 31.7 Å². The van der Waals surface area contributed by atoms with Gasteiger partial charge in [0.25, 0.3) is 7.82 Å². The summed E-state index contributed by atoms with van der Waals surface area (Å²) in [4.78, 5) is 23.1. The number of nitrogens with zero attached hydrogens (tertiary/aromatic N) is 1. The number of rotatable bonds is 13. The average Bonchev–Trinajstić information content (AvgIpc) is 2.41. The van der Waals surface area contributed by atoms with Gasteiger partial charge in [-0.1, -0.05) is 6.92 Å². The van der Waals surface area contributed by atoms with Crippen molar-refractivity contribution in [2.45, 2.75) is 6.92 Å². The van der Waals surface area contributed by atoms with Gasteiger partial charge in [0.15, 0.2) is 0 Å². The molecule has 8 nitrogen and oxygen atoms in total. The third-order valence-electron chi connectivity index (χ3n) is 2.62. The fraction of sp³-hybridized carbons (Fsp3) is 0.923. The van der Waals surface area contributed by atoms with Crippen LogP contribution in [0.25, 0.3) is 0 Å². The number of phosphoric acid groups is 1. The summed E-state index contributed by atoms with van der Waals surface area (Å²) in [7, 11) is 1.42. The molecule has 23 heavy (non-hydrogen) atoms. The maximum atomic E-state index is 11.6. The Hall–Kier alpha value is -0.150. The maximum Gasteiger partial charge on any atom is 0.309 e. The number of quaternary nitrogens is 1. The van der Waals surface area contributed by atoms with Gasteiger partial charge in [-0.2, -0.15) is 11.8 Å². The third kappa shape index (κ3) is 13.9. The highest BCUT2D eigenvalue weighted by molar-refractivity contribution is 7.99. The SMILES string of the molecule is CC(CSCCN)C(=O)OCCOP(=O)([O-])OCC[N+](C)(C)C. The second-order valence-electron chi connectivity index (χ2n) is 6.06. The molecule has 2 unspecified atom stereocenters. The lowest BCUT2D eigenvalue weighted by molar-refractivity contribution is -0.870. The Labute approximate surface area is 142 Å². The van der Waals surface area contributed by atoms with Gasteiger partial charge in [0.1, 0.15) is 19.8 Å². The van der Waals surface area contributed by atoms with Gasteiger partial charge in [0, 0.05) is 18.1 Å². The zero-order chi connectivity index (χ0) is 17.9. The lowest BCUT2D eigenvalue weighted by atomic mass is 10.2. The molecule has 0 aliphatic heterocycles. The van der Waals surface area contributed by atoms with Crippen molar-refractivity contribution >= 4 is 25.6 Å². The molecule has 0 saturated carbocycles. The molecule has 0 radical (unpaired) electrons. The number of ether oxygens (including phenoxy) is 1. The van der Waals surface area contributed by atoms with E-state index in [2.05, 4.69) is 4.52 Å². The summed E-state index contributed by atoms with van der Waals surface area (Å²) in [5.41, 5.74) is 5.37. The van der Waals surface area contributed by atoms with Crippen molar-refractivity contribution in [1.29, 1.82) is 0 Å². The lowest BCUT2D eigenvalue weighted by Gasteiger charge is -2.27. The van der Waals surface area contributed by atoms with Crippen LogP contribution in [0.5, 0.6) is 0 Å². The first-order chi connectivity index (χ1) is 10.6. The van der Waals surface area contributed by atoms with E-state index >= 15 is 0 Å². The predicted molar refractivity (Wildman–Crippen MR) is 88.9 cm³/mol. The van der Waals surface area contributed by atoms with Crippen LogP contribution in [-0.4, -0.2) is 76.0 Å². The smallest absolute Gasteiger partial charge is 0.309 e. The quantitative estimate of drug-likeness (QED) is 0.209. The molecule has 0 heterocycles. The van der Waals surface area contributed by atoms with Crippen LogP contribution in [0.2, 0.25) is 0 Å². The van der Waals surface area contributed by atoms with Gasteiger partial charge in [0.2, 0.25) is 0 Å². The summed E-state index contributed by atoms with van der Waals surface area (Å²) in [6, 6.07) is 0. The molecular formula is C13H29N2O6PS. The zero-order valence-corrected chi connectivity index (χ0v) is 16.1. The van der Waals surface area contributed by atoms with Gasteiger partial charge in [-0.25, -0.2) is 0 Å². The fourth-order valence-electron chi connectivity index (χ4n) is 1.31. The largest absolute Gasteiger partial charge is 0.756 e. The predicted octanol–water partition coefficient (Wildman–Crippen LogP) is 0.0654. The monoisotopic (exact) mass is 372 g/mol. The van der Waals surface area contributed by atoms with Crippen LogP contribution < -0.4 is 10.6 Å². The zero-order valence-electron chi connectivity index (χ0n) is 14.4. The highest BCUT2D eigenvalue weighted by Crippen LogP contribution is 2.37. The molecule has 0 fully saturated rings.